The summed E-state index contributed by atoms with van der Waals surface area (Å²) >= 11 is 0. The van der Waals surface area contributed by atoms with Crippen molar-refractivity contribution >= 4 is 0 Å². The molecule has 0 aliphatic heterocycles. The predicted molar refractivity (Wildman–Crippen MR) is 74.8 cm³/mol. The Morgan fingerprint density at radius 1 is 1.15 bits per heavy atom. The molecule has 0 bridgehead atoms. The molecule has 20 heavy (non-hydrogen) atoms. The van der Waals surface area contributed by atoms with Gasteiger partial charge in [-0.15, -0.1) is 0 Å². The molecule has 1 N–H and O–H groups in total. The van der Waals surface area contributed by atoms with Crippen molar-refractivity contribution in [3.8, 4) is 0 Å². The highest BCUT2D eigenvalue weighted by Crippen LogP contribution is 2.24. The molecular weight excluding hydrogens is 264 g/mol. The first kappa shape index (κ1) is 17.0. The minimum absolute atomic E-state index is 0.252. The second-order valence-electron chi connectivity index (χ2n) is 4.60. The Balaban J connectivity index is 2.68. The first-order chi connectivity index (χ1) is 9.61. The molecule has 0 fully saturated rings. The van der Waals surface area contributed by atoms with Gasteiger partial charge in [0.25, 0.3) is 0 Å². The van der Waals surface area contributed by atoms with Gasteiger partial charge in [0.15, 0.2) is 11.6 Å². The van der Waals surface area contributed by atoms with Crippen LogP contribution in [0.4, 0.5) is 8.78 Å². The van der Waals surface area contributed by atoms with Gasteiger partial charge in [-0.2, -0.15) is 0 Å². The molecule has 0 radical (unpaired) electrons. The van der Waals surface area contributed by atoms with Crippen molar-refractivity contribution in [1.82, 2.24) is 5.32 Å². The van der Waals surface area contributed by atoms with Crippen LogP contribution < -0.4 is 5.32 Å². The molecule has 0 saturated carbocycles. The van der Waals surface area contributed by atoms with Gasteiger partial charge in [0.2, 0.25) is 0 Å². The molecule has 1 aromatic carbocycles. The molecule has 1 aromatic rings. The molecule has 0 saturated heterocycles. The van der Waals surface area contributed by atoms with Crippen LogP contribution >= 0.6 is 0 Å². The fraction of sp³-hybridized carbons (Fsp3) is 0.600. The Morgan fingerprint density at radius 3 is 2.55 bits per heavy atom. The number of benzene rings is 1. The van der Waals surface area contributed by atoms with Crippen LogP contribution in [0, 0.1) is 18.6 Å². The molecule has 0 aliphatic rings. The van der Waals surface area contributed by atoms with Crippen molar-refractivity contribution < 1.29 is 18.3 Å². The minimum Gasteiger partial charge on any atom is -0.382 e. The van der Waals surface area contributed by atoms with E-state index in [-0.39, 0.29) is 6.04 Å². The minimum atomic E-state index is -0.772. The summed E-state index contributed by atoms with van der Waals surface area (Å²) in [6, 6.07) is 2.98. The summed E-state index contributed by atoms with van der Waals surface area (Å²) in [7, 11) is 1.61. The fourth-order valence-electron chi connectivity index (χ4n) is 1.99. The maximum absolute atomic E-state index is 14.0. The summed E-state index contributed by atoms with van der Waals surface area (Å²) < 4.78 is 37.9. The highest BCUT2D eigenvalue weighted by Gasteiger charge is 2.18. The first-order valence-electron chi connectivity index (χ1n) is 6.86. The van der Waals surface area contributed by atoms with Crippen LogP contribution in [-0.4, -0.2) is 33.5 Å². The van der Waals surface area contributed by atoms with Crippen molar-refractivity contribution in [2.75, 3.05) is 33.5 Å². The molecule has 1 unspecified atom stereocenters. The standard InChI is InChI=1S/C15H23F2NO2/c1-4-18-13(7-8-20-10-9-19-3)12-6-5-11(2)14(16)15(12)17/h5-6,13,18H,4,7-10H2,1-3H3. The molecule has 1 atom stereocenters. The summed E-state index contributed by atoms with van der Waals surface area (Å²) in [5.41, 5.74) is 0.670. The van der Waals surface area contributed by atoms with Crippen LogP contribution in [0.25, 0.3) is 0 Å². The summed E-state index contributed by atoms with van der Waals surface area (Å²) in [4.78, 5) is 0. The Hall–Kier alpha value is -1.04. The number of rotatable bonds is 9. The van der Waals surface area contributed by atoms with Crippen LogP contribution in [0.5, 0.6) is 0 Å². The number of halogens is 2. The van der Waals surface area contributed by atoms with Gasteiger partial charge in [-0.3, -0.25) is 0 Å². The first-order valence-corrected chi connectivity index (χ1v) is 6.86. The Kier molecular flexibility index (Phi) is 7.65. The molecule has 114 valence electrons. The molecule has 0 heterocycles. The van der Waals surface area contributed by atoms with E-state index in [1.54, 1.807) is 26.2 Å². The molecular formula is C15H23F2NO2. The topological polar surface area (TPSA) is 30.5 Å². The average Bonchev–Trinajstić information content (AvgIpc) is 2.44. The van der Waals surface area contributed by atoms with E-state index in [0.717, 1.165) is 0 Å². The van der Waals surface area contributed by atoms with E-state index in [9.17, 15) is 8.78 Å². The van der Waals surface area contributed by atoms with E-state index >= 15 is 0 Å². The van der Waals surface area contributed by atoms with E-state index in [1.165, 1.54) is 0 Å². The summed E-state index contributed by atoms with van der Waals surface area (Å²) in [6.45, 7) is 5.66. The third kappa shape index (κ3) is 4.81. The van der Waals surface area contributed by atoms with Crippen molar-refractivity contribution in [3.63, 3.8) is 0 Å². The lowest BCUT2D eigenvalue weighted by Crippen LogP contribution is -2.24. The van der Waals surface area contributed by atoms with Crippen molar-refractivity contribution in [1.29, 1.82) is 0 Å². The van der Waals surface area contributed by atoms with Gasteiger partial charge in [-0.25, -0.2) is 8.78 Å². The zero-order chi connectivity index (χ0) is 15.0. The van der Waals surface area contributed by atoms with Crippen LogP contribution in [0.15, 0.2) is 12.1 Å². The molecule has 0 amide bonds. The molecule has 0 aliphatic carbocycles. The second-order valence-corrected chi connectivity index (χ2v) is 4.60. The van der Waals surface area contributed by atoms with Crippen molar-refractivity contribution in [2.24, 2.45) is 0 Å². The normalized spacial score (nSPS) is 12.7. The Labute approximate surface area is 119 Å². The Morgan fingerprint density at radius 2 is 1.90 bits per heavy atom. The Bertz CT molecular complexity index is 413. The van der Waals surface area contributed by atoms with Gasteiger partial charge in [0.05, 0.1) is 13.2 Å². The molecule has 1 rings (SSSR count). The second kappa shape index (κ2) is 9.00. The number of hydrogen-bond acceptors (Lipinski definition) is 3. The van der Waals surface area contributed by atoms with Gasteiger partial charge < -0.3 is 14.8 Å². The molecule has 3 nitrogen and oxygen atoms in total. The number of ether oxygens (including phenoxy) is 2. The summed E-state index contributed by atoms with van der Waals surface area (Å²) in [5, 5.41) is 3.16. The van der Waals surface area contributed by atoms with Crippen molar-refractivity contribution in [3.05, 3.63) is 34.9 Å². The monoisotopic (exact) mass is 287 g/mol. The lowest BCUT2D eigenvalue weighted by Gasteiger charge is -2.19. The van der Waals surface area contributed by atoms with Crippen LogP contribution in [0.1, 0.15) is 30.5 Å². The van der Waals surface area contributed by atoms with Crippen LogP contribution in [-0.2, 0) is 9.47 Å². The van der Waals surface area contributed by atoms with Gasteiger partial charge >= 0.3 is 0 Å². The molecule has 0 aromatic heterocycles. The maximum atomic E-state index is 14.0. The predicted octanol–water partition coefficient (Wildman–Crippen LogP) is 2.98. The maximum Gasteiger partial charge on any atom is 0.163 e. The summed E-state index contributed by atoms with van der Waals surface area (Å²) in [6.07, 6.45) is 0.580. The van der Waals surface area contributed by atoms with Crippen molar-refractivity contribution in [2.45, 2.75) is 26.3 Å². The van der Waals surface area contributed by atoms with Gasteiger partial charge in [0.1, 0.15) is 0 Å². The highest BCUT2D eigenvalue weighted by atomic mass is 19.2. The van der Waals surface area contributed by atoms with Gasteiger partial charge in [-0.05, 0) is 25.5 Å². The quantitative estimate of drug-likeness (QED) is 0.708. The van der Waals surface area contributed by atoms with Crippen LogP contribution in [0.2, 0.25) is 0 Å². The van der Waals surface area contributed by atoms with Crippen LogP contribution in [0.3, 0.4) is 0 Å². The molecule has 0 spiro atoms. The number of methoxy groups -OCH3 is 1. The summed E-state index contributed by atoms with van der Waals surface area (Å²) in [5.74, 6) is -1.54. The van der Waals surface area contributed by atoms with E-state index in [0.29, 0.717) is 43.9 Å². The number of hydrogen-bond donors (Lipinski definition) is 1. The highest BCUT2D eigenvalue weighted by molar-refractivity contribution is 5.27. The van der Waals surface area contributed by atoms with E-state index < -0.39 is 11.6 Å². The lowest BCUT2D eigenvalue weighted by molar-refractivity contribution is 0.0656. The van der Waals surface area contributed by atoms with Gasteiger partial charge in [-0.1, -0.05) is 19.1 Å². The van der Waals surface area contributed by atoms with E-state index in [2.05, 4.69) is 5.32 Å². The SMILES string of the molecule is CCNC(CCOCCOC)c1ccc(C)c(F)c1F. The van der Waals surface area contributed by atoms with E-state index in [1.807, 2.05) is 6.92 Å². The third-order valence-corrected chi connectivity index (χ3v) is 3.11. The fourth-order valence-corrected chi connectivity index (χ4v) is 1.99. The molecule has 5 heteroatoms. The number of nitrogens with one attached hydrogen (secondary N) is 1. The zero-order valence-corrected chi connectivity index (χ0v) is 12.3. The van der Waals surface area contributed by atoms with Gasteiger partial charge in [0, 0.05) is 25.3 Å². The lowest BCUT2D eigenvalue weighted by atomic mass is 10.0. The third-order valence-electron chi connectivity index (χ3n) is 3.11. The zero-order valence-electron chi connectivity index (χ0n) is 12.3. The number of aryl methyl sites for hydroxylation is 1. The smallest absolute Gasteiger partial charge is 0.163 e. The average molecular weight is 287 g/mol. The largest absolute Gasteiger partial charge is 0.382 e. The van der Waals surface area contributed by atoms with E-state index in [4.69, 9.17) is 9.47 Å².